The molecule has 2 fully saturated rings. The van der Waals surface area contributed by atoms with Gasteiger partial charge in [0.25, 0.3) is 0 Å². The van der Waals surface area contributed by atoms with Crippen molar-refractivity contribution in [3.63, 3.8) is 0 Å². The highest BCUT2D eigenvalue weighted by Crippen LogP contribution is 2.23. The summed E-state index contributed by atoms with van der Waals surface area (Å²) in [5.41, 5.74) is 0.426. The molecule has 7 nitrogen and oxygen atoms in total. The van der Waals surface area contributed by atoms with E-state index in [1.807, 2.05) is 12.1 Å². The predicted molar refractivity (Wildman–Crippen MR) is 96.6 cm³/mol. The van der Waals surface area contributed by atoms with Gasteiger partial charge < -0.3 is 15.3 Å². The largest absolute Gasteiger partial charge is 0.508 e. The molecule has 2 heterocycles. The van der Waals surface area contributed by atoms with Gasteiger partial charge in [-0.05, 0) is 37.6 Å². The Morgan fingerprint density at radius 1 is 1.20 bits per heavy atom. The number of aromatic hydroxyl groups is 1. The highest BCUT2D eigenvalue weighted by atomic mass is 32.2. The number of hydrogen-bond acceptors (Lipinski definition) is 6. The molecule has 2 saturated heterocycles. The lowest BCUT2D eigenvalue weighted by Gasteiger charge is -2.36. The number of carbonyl (C=O) groups excluding carboxylic acids is 1. The molecule has 0 saturated carbocycles. The highest BCUT2D eigenvalue weighted by molar-refractivity contribution is 7.91. The molecule has 2 aliphatic rings. The first-order chi connectivity index (χ1) is 11.7. The lowest BCUT2D eigenvalue weighted by atomic mass is 10.0. The molecule has 1 amide bonds. The van der Waals surface area contributed by atoms with Crippen molar-refractivity contribution in [2.75, 3.05) is 49.1 Å². The van der Waals surface area contributed by atoms with Gasteiger partial charge in [-0.15, -0.1) is 0 Å². The third kappa shape index (κ3) is 4.64. The second kappa shape index (κ2) is 6.84. The van der Waals surface area contributed by atoms with E-state index < -0.39 is 15.4 Å². The number of rotatable bonds is 4. The number of piperazine rings is 1. The first-order valence-corrected chi connectivity index (χ1v) is 10.3. The molecule has 0 aliphatic carbocycles. The van der Waals surface area contributed by atoms with Crippen molar-refractivity contribution in [2.45, 2.75) is 18.9 Å². The molecule has 0 unspecified atom stereocenters. The van der Waals surface area contributed by atoms with E-state index in [1.54, 1.807) is 19.1 Å². The smallest absolute Gasteiger partial charge is 0.234 e. The van der Waals surface area contributed by atoms with Crippen molar-refractivity contribution in [2.24, 2.45) is 0 Å². The van der Waals surface area contributed by atoms with E-state index in [9.17, 15) is 18.3 Å². The summed E-state index contributed by atoms with van der Waals surface area (Å²) >= 11 is 0. The molecule has 8 heteroatoms. The standard InChI is InChI=1S/C17H25N3O4S/c1-17(6-11-25(23,24)13-17)18-16(22)12-19-7-9-20(10-8-19)14-2-4-15(21)5-3-14/h2-5,21H,6-13H2,1H3,(H,18,22)/t17-/m0/s1. The maximum atomic E-state index is 12.3. The Balaban J connectivity index is 1.47. The Morgan fingerprint density at radius 2 is 1.84 bits per heavy atom. The van der Waals surface area contributed by atoms with Gasteiger partial charge in [-0.25, -0.2) is 8.42 Å². The van der Waals surface area contributed by atoms with E-state index in [4.69, 9.17) is 0 Å². The van der Waals surface area contributed by atoms with Crippen molar-refractivity contribution in [3.8, 4) is 5.75 Å². The van der Waals surface area contributed by atoms with Crippen LogP contribution in [0.3, 0.4) is 0 Å². The molecular formula is C17H25N3O4S. The van der Waals surface area contributed by atoms with Crippen LogP contribution in [0.5, 0.6) is 5.75 Å². The van der Waals surface area contributed by atoms with E-state index in [-0.39, 0.29) is 23.2 Å². The molecule has 1 atom stereocenters. The first-order valence-electron chi connectivity index (χ1n) is 8.53. The molecule has 0 bridgehead atoms. The summed E-state index contributed by atoms with van der Waals surface area (Å²) in [6.07, 6.45) is 0.482. The second-order valence-electron chi connectivity index (χ2n) is 7.23. The van der Waals surface area contributed by atoms with Crippen LogP contribution in [0.4, 0.5) is 5.69 Å². The second-order valence-corrected chi connectivity index (χ2v) is 9.41. The summed E-state index contributed by atoms with van der Waals surface area (Å²) in [4.78, 5) is 16.6. The van der Waals surface area contributed by atoms with Crippen LogP contribution in [-0.2, 0) is 14.6 Å². The maximum Gasteiger partial charge on any atom is 0.234 e. The quantitative estimate of drug-likeness (QED) is 0.791. The monoisotopic (exact) mass is 367 g/mol. The molecule has 0 spiro atoms. The minimum absolute atomic E-state index is 0.0281. The summed E-state index contributed by atoms with van der Waals surface area (Å²) in [5, 5.41) is 12.3. The van der Waals surface area contributed by atoms with Crippen LogP contribution >= 0.6 is 0 Å². The Labute approximate surface area is 148 Å². The van der Waals surface area contributed by atoms with Gasteiger partial charge in [-0.3, -0.25) is 9.69 Å². The van der Waals surface area contributed by atoms with Crippen molar-refractivity contribution < 1.29 is 18.3 Å². The molecule has 0 radical (unpaired) electrons. The molecular weight excluding hydrogens is 342 g/mol. The first kappa shape index (κ1) is 18.0. The SMILES string of the molecule is C[C@]1(NC(=O)CN2CCN(c3ccc(O)cc3)CC2)CCS(=O)(=O)C1. The average Bonchev–Trinajstić information content (AvgIpc) is 2.82. The number of amides is 1. The lowest BCUT2D eigenvalue weighted by molar-refractivity contribution is -0.123. The minimum Gasteiger partial charge on any atom is -0.508 e. The molecule has 25 heavy (non-hydrogen) atoms. The van der Waals surface area contributed by atoms with Crippen LogP contribution in [0.15, 0.2) is 24.3 Å². The molecule has 138 valence electrons. The van der Waals surface area contributed by atoms with Gasteiger partial charge in [0.15, 0.2) is 9.84 Å². The summed E-state index contributed by atoms with van der Waals surface area (Å²) in [5.74, 6) is 0.314. The predicted octanol–water partition coefficient (Wildman–Crippen LogP) is 0.208. The van der Waals surface area contributed by atoms with Gasteiger partial charge in [0.05, 0.1) is 23.6 Å². The zero-order chi connectivity index (χ0) is 18.1. The number of nitrogens with zero attached hydrogens (tertiary/aromatic N) is 2. The number of anilines is 1. The number of nitrogens with one attached hydrogen (secondary N) is 1. The Morgan fingerprint density at radius 3 is 2.40 bits per heavy atom. The fourth-order valence-electron chi connectivity index (χ4n) is 3.52. The average molecular weight is 367 g/mol. The lowest BCUT2D eigenvalue weighted by Crippen LogP contribution is -2.53. The molecule has 1 aromatic rings. The van der Waals surface area contributed by atoms with E-state index in [0.717, 1.165) is 31.9 Å². The van der Waals surface area contributed by atoms with Crippen LogP contribution < -0.4 is 10.2 Å². The molecule has 1 aromatic carbocycles. The summed E-state index contributed by atoms with van der Waals surface area (Å²) in [6.45, 7) is 5.25. The highest BCUT2D eigenvalue weighted by Gasteiger charge is 2.39. The number of phenolic OH excluding ortho intramolecular Hbond substituents is 1. The van der Waals surface area contributed by atoms with E-state index in [0.29, 0.717) is 13.0 Å². The summed E-state index contributed by atoms with van der Waals surface area (Å²) in [7, 11) is -3.03. The van der Waals surface area contributed by atoms with Crippen LogP contribution in [0.25, 0.3) is 0 Å². The Kier molecular flexibility index (Phi) is 4.92. The normalized spacial score (nSPS) is 26.5. The Bertz CT molecular complexity index is 727. The van der Waals surface area contributed by atoms with Gasteiger partial charge in [0.2, 0.25) is 5.91 Å². The Hall–Kier alpha value is -1.80. The number of carbonyl (C=O) groups is 1. The zero-order valence-electron chi connectivity index (χ0n) is 14.4. The molecule has 2 N–H and O–H groups in total. The molecule has 3 rings (SSSR count). The minimum atomic E-state index is -3.03. The fourth-order valence-corrected chi connectivity index (χ4v) is 5.61. The fraction of sp³-hybridized carbons (Fsp3) is 0.588. The number of hydrogen-bond donors (Lipinski definition) is 2. The van der Waals surface area contributed by atoms with Gasteiger partial charge in [0.1, 0.15) is 5.75 Å². The summed E-state index contributed by atoms with van der Waals surface area (Å²) < 4.78 is 23.3. The van der Waals surface area contributed by atoms with Crippen molar-refractivity contribution in [3.05, 3.63) is 24.3 Å². The molecule has 0 aromatic heterocycles. The van der Waals surface area contributed by atoms with Crippen LogP contribution in [0.2, 0.25) is 0 Å². The number of phenols is 1. The van der Waals surface area contributed by atoms with E-state index in [1.165, 1.54) is 0 Å². The zero-order valence-corrected chi connectivity index (χ0v) is 15.3. The topological polar surface area (TPSA) is 89.9 Å². The molecule has 2 aliphatic heterocycles. The maximum absolute atomic E-state index is 12.3. The third-order valence-corrected chi connectivity index (χ3v) is 6.80. The van der Waals surface area contributed by atoms with Crippen molar-refractivity contribution in [1.29, 1.82) is 0 Å². The van der Waals surface area contributed by atoms with E-state index in [2.05, 4.69) is 15.1 Å². The number of sulfone groups is 1. The van der Waals surface area contributed by atoms with Crippen LogP contribution in [0.1, 0.15) is 13.3 Å². The van der Waals surface area contributed by atoms with Crippen molar-refractivity contribution >= 4 is 21.4 Å². The van der Waals surface area contributed by atoms with Gasteiger partial charge in [0, 0.05) is 31.9 Å². The van der Waals surface area contributed by atoms with Gasteiger partial charge in [-0.2, -0.15) is 0 Å². The van der Waals surface area contributed by atoms with Gasteiger partial charge in [-0.1, -0.05) is 0 Å². The van der Waals surface area contributed by atoms with Gasteiger partial charge >= 0.3 is 0 Å². The third-order valence-electron chi connectivity index (χ3n) is 4.90. The van der Waals surface area contributed by atoms with Crippen molar-refractivity contribution in [1.82, 2.24) is 10.2 Å². The van der Waals surface area contributed by atoms with Crippen LogP contribution in [-0.4, -0.2) is 74.1 Å². The van der Waals surface area contributed by atoms with Crippen LogP contribution in [0, 0.1) is 0 Å². The number of benzene rings is 1. The summed E-state index contributed by atoms with van der Waals surface area (Å²) in [6, 6.07) is 7.12. The van der Waals surface area contributed by atoms with E-state index >= 15 is 0 Å².